The average Bonchev–Trinajstić information content (AvgIpc) is 2.68. The molecule has 0 N–H and O–H groups in total. The molecule has 0 unspecified atom stereocenters. The highest BCUT2D eigenvalue weighted by Crippen LogP contribution is 2.34. The van der Waals surface area contributed by atoms with E-state index in [2.05, 4.69) is 0 Å². The molecule has 0 spiro atoms. The molecule has 0 bridgehead atoms. The van der Waals surface area contributed by atoms with E-state index in [4.69, 9.17) is 9.17 Å². The minimum Gasteiger partial charge on any atom is -0.383 e. The normalized spacial score (nSPS) is 15.1. The molecule has 0 amide bonds. The summed E-state index contributed by atoms with van der Waals surface area (Å²) >= 11 is 0. The molecule has 2 aromatic carbocycles. The number of hydrogen-bond donors (Lipinski definition) is 0. The van der Waals surface area contributed by atoms with Crippen molar-refractivity contribution in [2.45, 2.75) is 37.5 Å². The molecule has 1 aliphatic rings. The first-order valence-electron chi connectivity index (χ1n) is 9.12. The highest BCUT2D eigenvalue weighted by molar-refractivity contribution is 7.86. The molecule has 0 aliphatic heterocycles. The fourth-order valence-corrected chi connectivity index (χ4v) is 4.37. The summed E-state index contributed by atoms with van der Waals surface area (Å²) in [5.74, 6) is 0.518. The fourth-order valence-electron chi connectivity index (χ4n) is 3.36. The van der Waals surface area contributed by atoms with Crippen molar-refractivity contribution in [3.8, 4) is 0 Å². The van der Waals surface area contributed by atoms with Crippen molar-refractivity contribution in [3.05, 3.63) is 77.7 Å². The molecule has 0 atom stereocenters. The van der Waals surface area contributed by atoms with Gasteiger partial charge in [-0.05, 0) is 50.5 Å². The first-order valence-corrected chi connectivity index (χ1v) is 10.5. The maximum Gasteiger partial charge on any atom is 0.338 e. The zero-order chi connectivity index (χ0) is 18.9. The lowest BCUT2D eigenvalue weighted by Gasteiger charge is -2.20. The fraction of sp³-hybridized carbons (Fsp3) is 0.227. The van der Waals surface area contributed by atoms with Crippen LogP contribution in [-0.4, -0.2) is 13.4 Å². The third kappa shape index (κ3) is 3.74. The number of pyridine rings is 1. The Labute approximate surface area is 159 Å². The lowest BCUT2D eigenvalue weighted by Crippen LogP contribution is -2.11. The van der Waals surface area contributed by atoms with Crippen LogP contribution in [0.15, 0.2) is 71.3 Å². The summed E-state index contributed by atoms with van der Waals surface area (Å²) in [5, 5.41) is 1.06. The van der Waals surface area contributed by atoms with Crippen molar-refractivity contribution in [3.63, 3.8) is 0 Å². The molecule has 1 aliphatic carbocycles. The van der Waals surface area contributed by atoms with Crippen molar-refractivity contribution in [2.24, 2.45) is 0 Å². The van der Waals surface area contributed by atoms with E-state index in [9.17, 15) is 8.42 Å². The molecule has 4 nitrogen and oxygen atoms in total. The van der Waals surface area contributed by atoms with Crippen molar-refractivity contribution in [1.82, 2.24) is 4.98 Å². The quantitative estimate of drug-likeness (QED) is 0.582. The van der Waals surface area contributed by atoms with Crippen LogP contribution in [0.5, 0.6) is 0 Å². The van der Waals surface area contributed by atoms with Crippen LogP contribution in [0.4, 0.5) is 0 Å². The van der Waals surface area contributed by atoms with E-state index in [0.717, 1.165) is 47.0 Å². The van der Waals surface area contributed by atoms with Gasteiger partial charge in [0.15, 0.2) is 0 Å². The van der Waals surface area contributed by atoms with Gasteiger partial charge in [-0.15, -0.1) is 0 Å². The highest BCUT2D eigenvalue weighted by Gasteiger charge is 2.24. The van der Waals surface area contributed by atoms with Crippen LogP contribution in [0.25, 0.3) is 16.5 Å². The van der Waals surface area contributed by atoms with Gasteiger partial charge in [-0.1, -0.05) is 42.0 Å². The average molecular weight is 379 g/mol. The van der Waals surface area contributed by atoms with Gasteiger partial charge in [0, 0.05) is 17.4 Å². The van der Waals surface area contributed by atoms with E-state index in [1.54, 1.807) is 24.3 Å². The van der Waals surface area contributed by atoms with E-state index in [0.29, 0.717) is 12.2 Å². The van der Waals surface area contributed by atoms with Crippen molar-refractivity contribution >= 4 is 26.6 Å². The van der Waals surface area contributed by atoms with Crippen LogP contribution >= 0.6 is 0 Å². The second kappa shape index (κ2) is 7.16. The molecule has 0 saturated heterocycles. The predicted octanol–water partition coefficient (Wildman–Crippen LogP) is 5.23. The molecule has 1 heterocycles. The molecule has 27 heavy (non-hydrogen) atoms. The number of aryl methyl sites for hydroxylation is 1. The predicted molar refractivity (Wildman–Crippen MR) is 107 cm³/mol. The van der Waals surface area contributed by atoms with Crippen molar-refractivity contribution in [2.75, 3.05) is 0 Å². The van der Waals surface area contributed by atoms with Gasteiger partial charge in [-0.3, -0.25) is 0 Å². The molecule has 3 aromatic rings. The topological polar surface area (TPSA) is 56.3 Å². The Bertz CT molecular complexity index is 1120. The van der Waals surface area contributed by atoms with Crippen LogP contribution in [-0.2, 0) is 14.3 Å². The Morgan fingerprint density at radius 3 is 2.44 bits per heavy atom. The molecule has 5 heteroatoms. The summed E-state index contributed by atoms with van der Waals surface area (Å²) in [6.07, 6.45) is 3.29. The molecule has 1 aromatic heterocycles. The molecular weight excluding hydrogens is 358 g/mol. The lowest BCUT2D eigenvalue weighted by molar-refractivity contribution is 0.379. The summed E-state index contributed by atoms with van der Waals surface area (Å²) in [4.78, 5) is 4.91. The van der Waals surface area contributed by atoms with Gasteiger partial charge < -0.3 is 4.18 Å². The standard InChI is InChI=1S/C22H21NO3S/c1-16-10-13-18(14-11-16)27(24,25)26-22-9-5-3-7-19(22)21-15-12-17-6-2-4-8-20(17)23-21/h2,4,6,8,10-15H,3,5,7,9H2,1H3. The van der Waals surface area contributed by atoms with Crippen LogP contribution in [0.2, 0.25) is 0 Å². The summed E-state index contributed by atoms with van der Waals surface area (Å²) in [7, 11) is -3.85. The maximum absolute atomic E-state index is 12.7. The number of fused-ring (bicyclic) bond motifs is 1. The van der Waals surface area contributed by atoms with Crippen LogP contribution in [0.3, 0.4) is 0 Å². The largest absolute Gasteiger partial charge is 0.383 e. The summed E-state index contributed by atoms with van der Waals surface area (Å²) < 4.78 is 31.0. The van der Waals surface area contributed by atoms with E-state index < -0.39 is 10.1 Å². The summed E-state index contributed by atoms with van der Waals surface area (Å²) in [5.41, 5.74) is 3.59. The van der Waals surface area contributed by atoms with Gasteiger partial charge in [0.1, 0.15) is 10.7 Å². The third-order valence-electron chi connectivity index (χ3n) is 4.84. The molecule has 0 radical (unpaired) electrons. The van der Waals surface area contributed by atoms with Gasteiger partial charge in [-0.2, -0.15) is 8.42 Å². The first-order chi connectivity index (χ1) is 13.0. The lowest BCUT2D eigenvalue weighted by atomic mass is 9.95. The Morgan fingerprint density at radius 1 is 0.889 bits per heavy atom. The van der Waals surface area contributed by atoms with Crippen LogP contribution in [0, 0.1) is 6.92 Å². The maximum atomic E-state index is 12.7. The van der Waals surface area contributed by atoms with Gasteiger partial charge in [-0.25, -0.2) is 4.98 Å². The first kappa shape index (κ1) is 17.7. The van der Waals surface area contributed by atoms with E-state index in [-0.39, 0.29) is 4.90 Å². The van der Waals surface area contributed by atoms with Gasteiger partial charge in [0.05, 0.1) is 11.2 Å². The summed E-state index contributed by atoms with van der Waals surface area (Å²) in [6.45, 7) is 1.92. The molecule has 0 fully saturated rings. The number of hydrogen-bond acceptors (Lipinski definition) is 4. The zero-order valence-corrected chi connectivity index (χ0v) is 16.0. The number of rotatable bonds is 4. The summed E-state index contributed by atoms with van der Waals surface area (Å²) in [6, 6.07) is 18.6. The Hall–Kier alpha value is -2.66. The van der Waals surface area contributed by atoms with Gasteiger partial charge >= 0.3 is 10.1 Å². The van der Waals surface area contributed by atoms with E-state index in [1.165, 1.54) is 0 Å². The Balaban J connectivity index is 1.73. The third-order valence-corrected chi connectivity index (χ3v) is 6.11. The monoisotopic (exact) mass is 379 g/mol. The SMILES string of the molecule is Cc1ccc(S(=O)(=O)OC2=C(c3ccc4ccccc4n3)CCCC2)cc1. The minimum atomic E-state index is -3.85. The van der Waals surface area contributed by atoms with Crippen LogP contribution < -0.4 is 0 Å². The highest BCUT2D eigenvalue weighted by atomic mass is 32.2. The number of para-hydroxylation sites is 1. The molecule has 4 rings (SSSR count). The van der Waals surface area contributed by atoms with E-state index in [1.807, 2.05) is 43.3 Å². The Morgan fingerprint density at radius 2 is 1.63 bits per heavy atom. The number of benzene rings is 2. The van der Waals surface area contributed by atoms with Crippen LogP contribution in [0.1, 0.15) is 36.9 Å². The molecule has 138 valence electrons. The van der Waals surface area contributed by atoms with Gasteiger partial charge in [0.25, 0.3) is 0 Å². The Kier molecular flexibility index (Phi) is 4.70. The second-order valence-corrected chi connectivity index (χ2v) is 8.39. The number of aromatic nitrogens is 1. The van der Waals surface area contributed by atoms with E-state index >= 15 is 0 Å². The smallest absolute Gasteiger partial charge is 0.338 e. The number of nitrogens with zero attached hydrogens (tertiary/aromatic N) is 1. The number of allylic oxidation sites excluding steroid dienone is 2. The van der Waals surface area contributed by atoms with Gasteiger partial charge in [0.2, 0.25) is 0 Å². The minimum absolute atomic E-state index is 0.178. The van der Waals surface area contributed by atoms with Crippen molar-refractivity contribution in [1.29, 1.82) is 0 Å². The second-order valence-electron chi connectivity index (χ2n) is 6.85. The molecular formula is C22H21NO3S. The van der Waals surface area contributed by atoms with Crippen molar-refractivity contribution < 1.29 is 12.6 Å². The molecule has 0 saturated carbocycles. The zero-order valence-electron chi connectivity index (χ0n) is 15.2.